The predicted molar refractivity (Wildman–Crippen MR) is 75.9 cm³/mol. The Hall–Kier alpha value is -1.26. The molecule has 100 valence electrons. The van der Waals surface area contributed by atoms with Crippen molar-refractivity contribution < 1.29 is 8.78 Å². The minimum absolute atomic E-state index is 0.270. The molecule has 2 aromatic carbocycles. The third kappa shape index (κ3) is 3.39. The van der Waals surface area contributed by atoms with Crippen LogP contribution < -0.4 is 5.73 Å². The van der Waals surface area contributed by atoms with Crippen LogP contribution in [0.1, 0.15) is 22.7 Å². The molecule has 1 unspecified atom stereocenters. The van der Waals surface area contributed by atoms with E-state index < -0.39 is 11.6 Å². The fraction of sp³-hybridized carbons (Fsp3) is 0.200. The lowest BCUT2D eigenvalue weighted by Gasteiger charge is -2.15. The van der Waals surface area contributed by atoms with Gasteiger partial charge in [-0.1, -0.05) is 22.0 Å². The van der Waals surface area contributed by atoms with Gasteiger partial charge in [0, 0.05) is 10.5 Å². The highest BCUT2D eigenvalue weighted by Gasteiger charge is 2.13. The molecule has 0 fully saturated rings. The number of hydrogen-bond acceptors (Lipinski definition) is 1. The van der Waals surface area contributed by atoms with Gasteiger partial charge in [-0.25, -0.2) is 8.78 Å². The molecule has 4 heteroatoms. The van der Waals surface area contributed by atoms with E-state index in [9.17, 15) is 8.78 Å². The van der Waals surface area contributed by atoms with Gasteiger partial charge >= 0.3 is 0 Å². The Morgan fingerprint density at radius 1 is 1.16 bits per heavy atom. The summed E-state index contributed by atoms with van der Waals surface area (Å²) in [5.41, 5.74) is 8.36. The standard InChI is InChI=1S/C15H14BrF2N/c1-9-6-11(16)2-4-13(9)15(19)8-10-7-12(17)3-5-14(10)18/h2-7,15H,8,19H2,1H3. The fourth-order valence-electron chi connectivity index (χ4n) is 2.10. The van der Waals surface area contributed by atoms with E-state index in [2.05, 4.69) is 15.9 Å². The Morgan fingerprint density at radius 2 is 1.89 bits per heavy atom. The Kier molecular flexibility index (Phi) is 4.32. The second-order valence-electron chi connectivity index (χ2n) is 4.55. The SMILES string of the molecule is Cc1cc(Br)ccc1C(N)Cc1cc(F)ccc1F. The van der Waals surface area contributed by atoms with Crippen molar-refractivity contribution in [3.05, 3.63) is 69.2 Å². The Labute approximate surface area is 119 Å². The van der Waals surface area contributed by atoms with Crippen LogP contribution in [0.2, 0.25) is 0 Å². The molecule has 0 aliphatic heterocycles. The number of rotatable bonds is 3. The molecule has 1 atom stereocenters. The Morgan fingerprint density at radius 3 is 2.58 bits per heavy atom. The summed E-state index contributed by atoms with van der Waals surface area (Å²) in [5.74, 6) is -0.872. The summed E-state index contributed by atoms with van der Waals surface area (Å²) >= 11 is 3.38. The summed E-state index contributed by atoms with van der Waals surface area (Å²) in [5, 5.41) is 0. The van der Waals surface area contributed by atoms with Crippen molar-refractivity contribution in [2.45, 2.75) is 19.4 Å². The van der Waals surface area contributed by atoms with Gasteiger partial charge in [-0.05, 0) is 60.4 Å². The monoisotopic (exact) mass is 325 g/mol. The lowest BCUT2D eigenvalue weighted by Crippen LogP contribution is -2.15. The van der Waals surface area contributed by atoms with E-state index in [1.165, 1.54) is 6.07 Å². The molecule has 1 nitrogen and oxygen atoms in total. The zero-order valence-corrected chi connectivity index (χ0v) is 12.0. The average molecular weight is 326 g/mol. The van der Waals surface area contributed by atoms with Gasteiger partial charge in [-0.2, -0.15) is 0 Å². The van der Waals surface area contributed by atoms with Gasteiger partial charge in [0.1, 0.15) is 11.6 Å². The van der Waals surface area contributed by atoms with Crippen LogP contribution in [0, 0.1) is 18.6 Å². The molecule has 19 heavy (non-hydrogen) atoms. The molecule has 0 heterocycles. The molecule has 0 spiro atoms. The second-order valence-corrected chi connectivity index (χ2v) is 5.46. The van der Waals surface area contributed by atoms with Gasteiger partial charge < -0.3 is 5.73 Å². The van der Waals surface area contributed by atoms with Crippen molar-refractivity contribution in [2.75, 3.05) is 0 Å². The number of benzene rings is 2. The first-order valence-corrected chi connectivity index (χ1v) is 6.72. The minimum Gasteiger partial charge on any atom is -0.324 e. The molecule has 0 radical (unpaired) electrons. The maximum atomic E-state index is 13.6. The normalized spacial score (nSPS) is 12.5. The molecule has 0 bridgehead atoms. The maximum absolute atomic E-state index is 13.6. The van der Waals surface area contributed by atoms with Crippen molar-refractivity contribution in [1.82, 2.24) is 0 Å². The molecule has 2 aromatic rings. The Balaban J connectivity index is 2.25. The number of halogens is 3. The van der Waals surface area contributed by atoms with Crippen LogP contribution >= 0.6 is 15.9 Å². The largest absolute Gasteiger partial charge is 0.324 e. The van der Waals surface area contributed by atoms with E-state index >= 15 is 0 Å². The summed E-state index contributed by atoms with van der Waals surface area (Å²) in [6.07, 6.45) is 0.270. The fourth-order valence-corrected chi connectivity index (χ4v) is 2.58. The van der Waals surface area contributed by atoms with Gasteiger partial charge in [0.15, 0.2) is 0 Å². The third-order valence-electron chi connectivity index (χ3n) is 3.08. The van der Waals surface area contributed by atoms with Crippen LogP contribution in [-0.2, 0) is 6.42 Å². The highest BCUT2D eigenvalue weighted by Crippen LogP contribution is 2.24. The van der Waals surface area contributed by atoms with Gasteiger partial charge in [-0.3, -0.25) is 0 Å². The molecule has 0 aliphatic carbocycles. The Bertz CT molecular complexity index is 599. The molecule has 0 aliphatic rings. The molecule has 0 amide bonds. The quantitative estimate of drug-likeness (QED) is 0.895. The number of nitrogens with two attached hydrogens (primary N) is 1. The molecule has 2 N–H and O–H groups in total. The predicted octanol–water partition coefficient (Wildman–Crippen LogP) is 4.28. The topological polar surface area (TPSA) is 26.0 Å². The molecular formula is C15H14BrF2N. The van der Waals surface area contributed by atoms with Crippen LogP contribution in [0.15, 0.2) is 40.9 Å². The van der Waals surface area contributed by atoms with E-state index in [0.29, 0.717) is 5.56 Å². The van der Waals surface area contributed by atoms with Crippen LogP contribution in [-0.4, -0.2) is 0 Å². The van der Waals surface area contributed by atoms with Gasteiger partial charge in [0.05, 0.1) is 0 Å². The van der Waals surface area contributed by atoms with E-state index in [1.807, 2.05) is 25.1 Å². The molecule has 2 rings (SSSR count). The third-order valence-corrected chi connectivity index (χ3v) is 3.57. The number of aryl methyl sites for hydroxylation is 1. The van der Waals surface area contributed by atoms with Gasteiger partial charge in [0.2, 0.25) is 0 Å². The van der Waals surface area contributed by atoms with E-state index in [-0.39, 0.29) is 12.5 Å². The summed E-state index contributed by atoms with van der Waals surface area (Å²) < 4.78 is 27.7. The van der Waals surface area contributed by atoms with Crippen LogP contribution in [0.25, 0.3) is 0 Å². The summed E-state index contributed by atoms with van der Waals surface area (Å²) in [6.45, 7) is 1.95. The smallest absolute Gasteiger partial charge is 0.126 e. The molecule has 0 aromatic heterocycles. The maximum Gasteiger partial charge on any atom is 0.126 e. The highest BCUT2D eigenvalue weighted by atomic mass is 79.9. The van der Waals surface area contributed by atoms with E-state index in [1.54, 1.807) is 0 Å². The van der Waals surface area contributed by atoms with Gasteiger partial charge in [0.25, 0.3) is 0 Å². The first kappa shape index (κ1) is 14.2. The average Bonchev–Trinajstić information content (AvgIpc) is 2.33. The first-order valence-electron chi connectivity index (χ1n) is 5.93. The van der Waals surface area contributed by atoms with E-state index in [4.69, 9.17) is 5.73 Å². The van der Waals surface area contributed by atoms with Crippen molar-refractivity contribution in [3.63, 3.8) is 0 Å². The number of hydrogen-bond donors (Lipinski definition) is 1. The first-order chi connectivity index (χ1) is 8.97. The van der Waals surface area contributed by atoms with Crippen LogP contribution in [0.3, 0.4) is 0 Å². The molecule has 0 saturated heterocycles. The van der Waals surface area contributed by atoms with Gasteiger partial charge in [-0.15, -0.1) is 0 Å². The lowest BCUT2D eigenvalue weighted by atomic mass is 9.96. The molecule has 0 saturated carbocycles. The summed E-state index contributed by atoms with van der Waals surface area (Å²) in [7, 11) is 0. The molecular weight excluding hydrogens is 312 g/mol. The minimum atomic E-state index is -0.448. The van der Waals surface area contributed by atoms with Crippen molar-refractivity contribution in [3.8, 4) is 0 Å². The summed E-state index contributed by atoms with van der Waals surface area (Å²) in [6, 6.07) is 8.83. The lowest BCUT2D eigenvalue weighted by molar-refractivity contribution is 0.572. The van der Waals surface area contributed by atoms with Crippen molar-refractivity contribution >= 4 is 15.9 Å². The van der Waals surface area contributed by atoms with Crippen LogP contribution in [0.5, 0.6) is 0 Å². The summed E-state index contributed by atoms with van der Waals surface area (Å²) in [4.78, 5) is 0. The van der Waals surface area contributed by atoms with Crippen LogP contribution in [0.4, 0.5) is 8.78 Å². The zero-order valence-electron chi connectivity index (χ0n) is 10.5. The second kappa shape index (κ2) is 5.80. The zero-order chi connectivity index (χ0) is 14.0. The van der Waals surface area contributed by atoms with Crippen molar-refractivity contribution in [2.24, 2.45) is 5.73 Å². The highest BCUT2D eigenvalue weighted by molar-refractivity contribution is 9.10. The van der Waals surface area contributed by atoms with Crippen molar-refractivity contribution in [1.29, 1.82) is 0 Å². The van der Waals surface area contributed by atoms with E-state index in [0.717, 1.165) is 27.7 Å².